The number of nitrogens with zero attached hydrogens (tertiary/aromatic N) is 2. The summed E-state index contributed by atoms with van der Waals surface area (Å²) in [5.74, 6) is 1.81. The van der Waals surface area contributed by atoms with Gasteiger partial charge in [-0.05, 0) is 37.5 Å². The van der Waals surface area contributed by atoms with Crippen LogP contribution in [-0.4, -0.2) is 61.6 Å². The molecule has 0 spiro atoms. The van der Waals surface area contributed by atoms with Gasteiger partial charge in [0.15, 0.2) is 11.5 Å². The Hall–Kier alpha value is -2.45. The van der Waals surface area contributed by atoms with Crippen LogP contribution in [0, 0.1) is 0 Å². The zero-order valence-electron chi connectivity index (χ0n) is 19.3. The molecule has 1 fully saturated rings. The smallest absolute Gasteiger partial charge is 0.163 e. The average molecular weight is 506 g/mol. The third-order valence-electron chi connectivity index (χ3n) is 5.97. The summed E-state index contributed by atoms with van der Waals surface area (Å²) < 4.78 is 17.0. The first kappa shape index (κ1) is 24.7. The topological polar surface area (TPSA) is 76.1 Å². The van der Waals surface area contributed by atoms with E-state index >= 15 is 0 Å². The number of ether oxygens (including phenoxy) is 3. The zero-order valence-corrected chi connectivity index (χ0v) is 20.8. The van der Waals surface area contributed by atoms with Crippen LogP contribution in [0.25, 0.3) is 10.9 Å². The van der Waals surface area contributed by atoms with Crippen LogP contribution in [0.5, 0.6) is 17.2 Å². The summed E-state index contributed by atoms with van der Waals surface area (Å²) in [5.41, 5.74) is 2.25. The SMILES string of the molecule is COc1cc(Nc2ccnc3cc(OCCCN4CCC(O)CC4)c(OC)cc23)c(Cl)cc1Cl. The maximum atomic E-state index is 9.65. The Kier molecular flexibility index (Phi) is 8.21. The Bertz CT molecular complexity index is 1140. The summed E-state index contributed by atoms with van der Waals surface area (Å²) >= 11 is 12.6. The van der Waals surface area contributed by atoms with Gasteiger partial charge in [0.1, 0.15) is 5.75 Å². The number of likely N-dealkylation sites (tertiary alicyclic amines) is 1. The van der Waals surface area contributed by atoms with Gasteiger partial charge in [0.2, 0.25) is 0 Å². The van der Waals surface area contributed by atoms with Crippen molar-refractivity contribution in [2.45, 2.75) is 25.4 Å². The molecule has 34 heavy (non-hydrogen) atoms. The predicted molar refractivity (Wildman–Crippen MR) is 136 cm³/mol. The Balaban J connectivity index is 1.49. The van der Waals surface area contributed by atoms with Gasteiger partial charge in [-0.15, -0.1) is 0 Å². The summed E-state index contributed by atoms with van der Waals surface area (Å²) in [6, 6.07) is 9.07. The normalized spacial score (nSPS) is 14.9. The van der Waals surface area contributed by atoms with Crippen LogP contribution in [0.3, 0.4) is 0 Å². The number of nitrogens with one attached hydrogen (secondary N) is 1. The lowest BCUT2D eigenvalue weighted by molar-refractivity contribution is 0.0799. The van der Waals surface area contributed by atoms with Crippen molar-refractivity contribution < 1.29 is 19.3 Å². The highest BCUT2D eigenvalue weighted by atomic mass is 35.5. The summed E-state index contributed by atoms with van der Waals surface area (Å²) in [5, 5.41) is 14.8. The lowest BCUT2D eigenvalue weighted by Gasteiger charge is -2.29. The molecule has 0 radical (unpaired) electrons. The molecule has 1 aromatic heterocycles. The molecule has 0 saturated carbocycles. The summed E-state index contributed by atoms with van der Waals surface area (Å²) in [6.07, 6.45) is 4.15. The van der Waals surface area contributed by atoms with Crippen LogP contribution in [0.1, 0.15) is 19.3 Å². The molecule has 182 valence electrons. The Morgan fingerprint density at radius 1 is 1.00 bits per heavy atom. The average Bonchev–Trinajstić information content (AvgIpc) is 2.84. The molecule has 9 heteroatoms. The largest absolute Gasteiger partial charge is 0.495 e. The van der Waals surface area contributed by atoms with Crippen LogP contribution in [-0.2, 0) is 0 Å². The number of anilines is 2. The minimum Gasteiger partial charge on any atom is -0.495 e. The second-order valence-corrected chi connectivity index (χ2v) is 9.06. The molecule has 3 aromatic rings. The summed E-state index contributed by atoms with van der Waals surface area (Å²) in [6.45, 7) is 3.38. The lowest BCUT2D eigenvalue weighted by atomic mass is 10.1. The van der Waals surface area contributed by atoms with E-state index in [9.17, 15) is 5.11 Å². The van der Waals surface area contributed by atoms with Gasteiger partial charge in [-0.25, -0.2) is 0 Å². The molecule has 1 aliphatic heterocycles. The number of aliphatic hydroxyl groups is 1. The fourth-order valence-electron chi connectivity index (χ4n) is 4.07. The highest BCUT2D eigenvalue weighted by Crippen LogP contribution is 2.39. The molecule has 7 nitrogen and oxygen atoms in total. The van der Waals surface area contributed by atoms with Crippen molar-refractivity contribution in [2.75, 3.05) is 45.8 Å². The Morgan fingerprint density at radius 3 is 2.50 bits per heavy atom. The van der Waals surface area contributed by atoms with Crippen molar-refractivity contribution in [3.8, 4) is 17.2 Å². The second-order valence-electron chi connectivity index (χ2n) is 8.25. The monoisotopic (exact) mass is 505 g/mol. The van der Waals surface area contributed by atoms with Gasteiger partial charge in [-0.3, -0.25) is 4.98 Å². The van der Waals surface area contributed by atoms with Gasteiger partial charge < -0.3 is 29.5 Å². The van der Waals surface area contributed by atoms with Crippen molar-refractivity contribution in [1.82, 2.24) is 9.88 Å². The maximum Gasteiger partial charge on any atom is 0.163 e. The van der Waals surface area contributed by atoms with E-state index < -0.39 is 0 Å². The molecule has 0 aliphatic carbocycles. The zero-order chi connectivity index (χ0) is 24.1. The van der Waals surface area contributed by atoms with Crippen LogP contribution in [0.15, 0.2) is 36.5 Å². The van der Waals surface area contributed by atoms with Gasteiger partial charge in [-0.2, -0.15) is 0 Å². The quantitative estimate of drug-likeness (QED) is 0.370. The first-order valence-electron chi connectivity index (χ1n) is 11.3. The van der Waals surface area contributed by atoms with E-state index in [2.05, 4.69) is 15.2 Å². The fraction of sp³-hybridized carbons (Fsp3) is 0.400. The number of fused-ring (bicyclic) bond motifs is 1. The molecule has 1 aliphatic rings. The second kappa shape index (κ2) is 11.3. The number of piperidine rings is 1. The van der Waals surface area contributed by atoms with Crippen LogP contribution >= 0.6 is 23.2 Å². The van der Waals surface area contributed by atoms with Gasteiger partial charge in [0, 0.05) is 49.0 Å². The van der Waals surface area contributed by atoms with Crippen LogP contribution < -0.4 is 19.5 Å². The van der Waals surface area contributed by atoms with E-state index in [-0.39, 0.29) is 6.10 Å². The minimum atomic E-state index is -0.154. The highest BCUT2D eigenvalue weighted by Gasteiger charge is 2.17. The molecule has 0 amide bonds. The van der Waals surface area contributed by atoms with E-state index in [1.807, 2.05) is 18.2 Å². The standard InChI is InChI=1S/C25H29Cl2N3O4/c1-32-23-15-22(18(26)13-19(23)27)29-20-4-7-28-21-14-25(24(33-2)12-17(20)21)34-11-3-8-30-9-5-16(31)6-10-30/h4,7,12-16,31H,3,5-6,8-11H2,1-2H3,(H,28,29). The molecule has 0 atom stereocenters. The first-order valence-corrected chi connectivity index (χ1v) is 12.0. The fourth-order valence-corrected chi connectivity index (χ4v) is 4.58. The number of aliphatic hydroxyl groups excluding tert-OH is 1. The van der Waals surface area contributed by atoms with Gasteiger partial charge in [-0.1, -0.05) is 23.2 Å². The number of rotatable bonds is 9. The lowest BCUT2D eigenvalue weighted by Crippen LogP contribution is -2.36. The third kappa shape index (κ3) is 5.78. The summed E-state index contributed by atoms with van der Waals surface area (Å²) in [4.78, 5) is 6.88. The van der Waals surface area contributed by atoms with Gasteiger partial charge in [0.05, 0.1) is 48.2 Å². The van der Waals surface area contributed by atoms with Gasteiger partial charge in [0.25, 0.3) is 0 Å². The number of aromatic nitrogens is 1. The third-order valence-corrected chi connectivity index (χ3v) is 6.58. The molecule has 2 aromatic carbocycles. The minimum absolute atomic E-state index is 0.154. The number of pyridine rings is 1. The maximum absolute atomic E-state index is 9.65. The van der Waals surface area contributed by atoms with Crippen molar-refractivity contribution in [3.05, 3.63) is 46.6 Å². The molecule has 4 rings (SSSR count). The highest BCUT2D eigenvalue weighted by molar-refractivity contribution is 6.37. The number of halogens is 2. The van der Waals surface area contributed by atoms with E-state index in [4.69, 9.17) is 37.4 Å². The van der Waals surface area contributed by atoms with Crippen molar-refractivity contribution in [1.29, 1.82) is 0 Å². The van der Waals surface area contributed by atoms with Crippen LogP contribution in [0.2, 0.25) is 10.0 Å². The van der Waals surface area contributed by atoms with Crippen LogP contribution in [0.4, 0.5) is 11.4 Å². The number of hydrogen-bond donors (Lipinski definition) is 2. The molecule has 0 bridgehead atoms. The Morgan fingerprint density at radius 2 is 1.76 bits per heavy atom. The van der Waals surface area contributed by atoms with E-state index in [0.29, 0.717) is 39.6 Å². The van der Waals surface area contributed by atoms with E-state index in [1.165, 1.54) is 0 Å². The van der Waals surface area contributed by atoms with Crippen molar-refractivity contribution >= 4 is 45.5 Å². The molecule has 0 unspecified atom stereocenters. The molecular weight excluding hydrogens is 477 g/mol. The number of methoxy groups -OCH3 is 2. The van der Waals surface area contributed by atoms with Crippen molar-refractivity contribution in [3.63, 3.8) is 0 Å². The molecule has 1 saturated heterocycles. The number of hydrogen-bond acceptors (Lipinski definition) is 7. The van der Waals surface area contributed by atoms with E-state index in [0.717, 1.165) is 55.5 Å². The number of benzene rings is 2. The Labute approximate surface area is 209 Å². The van der Waals surface area contributed by atoms with Crippen molar-refractivity contribution in [2.24, 2.45) is 0 Å². The first-order chi connectivity index (χ1) is 16.5. The molecule has 2 heterocycles. The molecule has 2 N–H and O–H groups in total. The summed E-state index contributed by atoms with van der Waals surface area (Å²) in [7, 11) is 3.18. The van der Waals surface area contributed by atoms with Gasteiger partial charge >= 0.3 is 0 Å². The molecular formula is C25H29Cl2N3O4. The predicted octanol–water partition coefficient (Wildman–Crippen LogP) is 5.53. The van der Waals surface area contributed by atoms with E-state index in [1.54, 1.807) is 32.5 Å².